The lowest BCUT2D eigenvalue weighted by molar-refractivity contribution is -0.153. The topological polar surface area (TPSA) is 38.5 Å². The highest BCUT2D eigenvalue weighted by atomic mass is 19.4. The smallest absolute Gasteiger partial charge is 0.422 e. The number of benzene rings is 1. The molecule has 3 nitrogen and oxygen atoms in total. The Morgan fingerprint density at radius 2 is 1.81 bits per heavy atom. The molecule has 0 aliphatic carbocycles. The minimum absolute atomic E-state index is 0.0744. The predicted molar refractivity (Wildman–Crippen MR) is 68.8 cm³/mol. The monoisotopic (exact) mass is 310 g/mol. The number of nitrogens with two attached hydrogens (primary N) is 1. The fourth-order valence-electron chi connectivity index (χ4n) is 2.10. The van der Waals surface area contributed by atoms with Crippen molar-refractivity contribution in [2.24, 2.45) is 0 Å². The third-order valence-electron chi connectivity index (χ3n) is 3.25. The van der Waals surface area contributed by atoms with Crippen molar-refractivity contribution in [3.63, 3.8) is 0 Å². The molecule has 0 atom stereocenters. The molecule has 8 heteroatoms. The zero-order chi connectivity index (χ0) is 15.7. The molecule has 1 aromatic carbocycles. The first-order valence-electron chi connectivity index (χ1n) is 6.38. The van der Waals surface area contributed by atoms with Gasteiger partial charge in [0.2, 0.25) is 0 Å². The number of ether oxygens (including phenoxy) is 1. The van der Waals surface area contributed by atoms with Gasteiger partial charge >= 0.3 is 6.18 Å². The van der Waals surface area contributed by atoms with Crippen LogP contribution in [0.3, 0.4) is 0 Å². The highest BCUT2D eigenvalue weighted by molar-refractivity contribution is 5.62. The molecular formula is C13H15F5N2O. The quantitative estimate of drug-likeness (QED) is 0.686. The van der Waals surface area contributed by atoms with Gasteiger partial charge in [-0.2, -0.15) is 13.2 Å². The number of nitrogens with zero attached hydrogens (tertiary/aromatic N) is 1. The van der Waals surface area contributed by atoms with Gasteiger partial charge in [0.25, 0.3) is 5.92 Å². The molecule has 1 saturated heterocycles. The second-order valence-corrected chi connectivity index (χ2v) is 4.97. The number of alkyl halides is 5. The van der Waals surface area contributed by atoms with Crippen LogP contribution in [0.1, 0.15) is 12.8 Å². The van der Waals surface area contributed by atoms with Gasteiger partial charge in [-0.05, 0) is 12.1 Å². The zero-order valence-corrected chi connectivity index (χ0v) is 11.1. The molecule has 0 radical (unpaired) electrons. The van der Waals surface area contributed by atoms with Gasteiger partial charge in [-0.1, -0.05) is 0 Å². The van der Waals surface area contributed by atoms with Crippen LogP contribution < -0.4 is 15.4 Å². The number of nitrogen functional groups attached to an aromatic ring is 1. The van der Waals surface area contributed by atoms with E-state index in [1.54, 1.807) is 11.0 Å². The minimum Gasteiger partial charge on any atom is -0.482 e. The van der Waals surface area contributed by atoms with Gasteiger partial charge in [0, 0.05) is 37.7 Å². The summed E-state index contributed by atoms with van der Waals surface area (Å²) in [7, 11) is 0. The Kier molecular flexibility index (Phi) is 4.15. The Balaban J connectivity index is 2.08. The molecule has 0 aromatic heterocycles. The van der Waals surface area contributed by atoms with Crippen LogP contribution in [0.15, 0.2) is 18.2 Å². The van der Waals surface area contributed by atoms with Crippen LogP contribution >= 0.6 is 0 Å². The molecule has 0 bridgehead atoms. The van der Waals surface area contributed by atoms with Crippen molar-refractivity contribution in [2.45, 2.75) is 24.9 Å². The van der Waals surface area contributed by atoms with Crippen molar-refractivity contribution in [3.8, 4) is 5.75 Å². The summed E-state index contributed by atoms with van der Waals surface area (Å²) in [6, 6.07) is 4.34. The van der Waals surface area contributed by atoms with Gasteiger partial charge < -0.3 is 15.4 Å². The summed E-state index contributed by atoms with van der Waals surface area (Å²) in [6.07, 6.45) is -5.03. The van der Waals surface area contributed by atoms with E-state index in [0.29, 0.717) is 5.69 Å². The lowest BCUT2D eigenvalue weighted by atomic mass is 10.1. The zero-order valence-electron chi connectivity index (χ0n) is 11.1. The molecule has 1 aromatic rings. The van der Waals surface area contributed by atoms with Crippen LogP contribution in [0, 0.1) is 0 Å². The molecule has 2 rings (SSSR count). The minimum atomic E-state index is -4.46. The van der Waals surface area contributed by atoms with E-state index in [4.69, 9.17) is 5.73 Å². The molecule has 0 unspecified atom stereocenters. The molecule has 21 heavy (non-hydrogen) atoms. The van der Waals surface area contributed by atoms with E-state index < -0.39 is 18.7 Å². The second-order valence-electron chi connectivity index (χ2n) is 4.97. The van der Waals surface area contributed by atoms with E-state index in [9.17, 15) is 22.0 Å². The van der Waals surface area contributed by atoms with E-state index in [2.05, 4.69) is 4.74 Å². The summed E-state index contributed by atoms with van der Waals surface area (Å²) in [5.41, 5.74) is 6.16. The van der Waals surface area contributed by atoms with E-state index in [-0.39, 0.29) is 37.4 Å². The number of hydrogen-bond acceptors (Lipinski definition) is 3. The van der Waals surface area contributed by atoms with E-state index in [0.717, 1.165) is 0 Å². The standard InChI is InChI=1S/C13H15F5N2O/c14-12(15)3-5-20(6-4-12)9-1-2-10(19)11(7-9)21-8-13(16,17)18/h1-2,7H,3-6,8,19H2. The first-order chi connectivity index (χ1) is 9.66. The average molecular weight is 310 g/mol. The Morgan fingerprint density at radius 1 is 1.19 bits per heavy atom. The number of anilines is 2. The summed E-state index contributed by atoms with van der Waals surface area (Å²) in [5, 5.41) is 0. The Morgan fingerprint density at radius 3 is 2.38 bits per heavy atom. The Hall–Kier alpha value is -1.73. The molecular weight excluding hydrogens is 295 g/mol. The maximum atomic E-state index is 13.1. The summed E-state index contributed by atoms with van der Waals surface area (Å²) in [6.45, 7) is -1.18. The van der Waals surface area contributed by atoms with Gasteiger partial charge in [-0.15, -0.1) is 0 Å². The molecule has 1 aliphatic rings. The van der Waals surface area contributed by atoms with Crippen LogP contribution in [0.5, 0.6) is 5.75 Å². The number of rotatable bonds is 3. The van der Waals surface area contributed by atoms with Crippen LogP contribution in [-0.4, -0.2) is 31.8 Å². The molecule has 1 heterocycles. The van der Waals surface area contributed by atoms with E-state index in [1.165, 1.54) is 12.1 Å². The van der Waals surface area contributed by atoms with Crippen molar-refractivity contribution in [3.05, 3.63) is 18.2 Å². The maximum absolute atomic E-state index is 13.1. The average Bonchev–Trinajstić information content (AvgIpc) is 2.37. The Labute approximate surface area is 118 Å². The molecule has 1 fully saturated rings. The van der Waals surface area contributed by atoms with Crippen molar-refractivity contribution in [1.29, 1.82) is 0 Å². The number of hydrogen-bond donors (Lipinski definition) is 1. The fourth-order valence-corrected chi connectivity index (χ4v) is 2.10. The fraction of sp³-hybridized carbons (Fsp3) is 0.538. The number of piperidine rings is 1. The molecule has 1 aliphatic heterocycles. The molecule has 0 spiro atoms. The maximum Gasteiger partial charge on any atom is 0.422 e. The third kappa shape index (κ3) is 4.37. The highest BCUT2D eigenvalue weighted by Crippen LogP contribution is 2.34. The summed E-state index contributed by atoms with van der Waals surface area (Å²) >= 11 is 0. The van der Waals surface area contributed by atoms with Crippen molar-refractivity contribution in [1.82, 2.24) is 0 Å². The normalized spacial score (nSPS) is 18.6. The SMILES string of the molecule is Nc1ccc(N2CCC(F)(F)CC2)cc1OCC(F)(F)F. The van der Waals surface area contributed by atoms with E-state index >= 15 is 0 Å². The highest BCUT2D eigenvalue weighted by Gasteiger charge is 2.34. The van der Waals surface area contributed by atoms with Gasteiger partial charge in [-0.3, -0.25) is 0 Å². The molecule has 0 saturated carbocycles. The van der Waals surface area contributed by atoms with Gasteiger partial charge in [0.15, 0.2) is 6.61 Å². The van der Waals surface area contributed by atoms with Crippen LogP contribution in [0.4, 0.5) is 33.3 Å². The van der Waals surface area contributed by atoms with Crippen molar-refractivity contribution in [2.75, 3.05) is 30.3 Å². The first kappa shape index (κ1) is 15.7. The van der Waals surface area contributed by atoms with Gasteiger partial charge in [0.1, 0.15) is 5.75 Å². The third-order valence-corrected chi connectivity index (χ3v) is 3.25. The van der Waals surface area contributed by atoms with Crippen molar-refractivity contribution >= 4 is 11.4 Å². The van der Waals surface area contributed by atoms with Crippen molar-refractivity contribution < 1.29 is 26.7 Å². The van der Waals surface area contributed by atoms with Crippen LogP contribution in [-0.2, 0) is 0 Å². The number of halogens is 5. The van der Waals surface area contributed by atoms with E-state index in [1.807, 2.05) is 0 Å². The summed E-state index contributed by atoms with van der Waals surface area (Å²) in [4.78, 5) is 1.68. The van der Waals surface area contributed by atoms with Crippen LogP contribution in [0.25, 0.3) is 0 Å². The lowest BCUT2D eigenvalue weighted by Gasteiger charge is -2.33. The Bertz CT molecular complexity index is 494. The largest absolute Gasteiger partial charge is 0.482 e. The van der Waals surface area contributed by atoms with Crippen LogP contribution in [0.2, 0.25) is 0 Å². The predicted octanol–water partition coefficient (Wildman–Crippen LogP) is 3.45. The molecule has 2 N–H and O–H groups in total. The molecule has 0 amide bonds. The summed E-state index contributed by atoms with van der Waals surface area (Å²) < 4.78 is 67.3. The second kappa shape index (κ2) is 5.57. The summed E-state index contributed by atoms with van der Waals surface area (Å²) in [5.74, 6) is -2.78. The van der Waals surface area contributed by atoms with Gasteiger partial charge in [0.05, 0.1) is 5.69 Å². The van der Waals surface area contributed by atoms with Gasteiger partial charge in [-0.25, -0.2) is 8.78 Å². The lowest BCUT2D eigenvalue weighted by Crippen LogP contribution is -2.39. The molecule has 118 valence electrons. The first-order valence-corrected chi connectivity index (χ1v) is 6.38.